The molecular formula is C59H87N19O16. The van der Waals surface area contributed by atoms with Gasteiger partial charge in [0.15, 0.2) is 11.9 Å². The van der Waals surface area contributed by atoms with E-state index in [2.05, 4.69) is 74.4 Å². The number of carbonyl (C=O) groups excluding carboxylic acids is 12. The molecule has 2 aliphatic heterocycles. The normalized spacial score (nSPS) is 21.5. The fourth-order valence-electron chi connectivity index (χ4n) is 9.75. The molecule has 2 aromatic carbocycles. The summed E-state index contributed by atoms with van der Waals surface area (Å²) >= 11 is 0. The van der Waals surface area contributed by atoms with E-state index < -0.39 is 163 Å². The summed E-state index contributed by atoms with van der Waals surface area (Å²) in [7, 11) is 0. The lowest BCUT2D eigenvalue weighted by molar-refractivity contribution is -0.141. The molecule has 24 N–H and O–H groups in total. The van der Waals surface area contributed by atoms with Gasteiger partial charge in [0.2, 0.25) is 70.9 Å². The van der Waals surface area contributed by atoms with E-state index in [0.29, 0.717) is 11.1 Å². The van der Waals surface area contributed by atoms with E-state index >= 15 is 0 Å². The van der Waals surface area contributed by atoms with Gasteiger partial charge in [-0.2, -0.15) is 0 Å². The van der Waals surface area contributed by atoms with E-state index in [0.717, 1.165) is 0 Å². The lowest BCUT2D eigenvalue weighted by Crippen LogP contribution is -2.58. The Bertz CT molecular complexity index is 3000. The minimum Gasteiger partial charge on any atom is -0.481 e. The van der Waals surface area contributed by atoms with Gasteiger partial charge in [0, 0.05) is 45.4 Å². The Morgan fingerprint density at radius 3 is 1.15 bits per heavy atom. The van der Waals surface area contributed by atoms with Gasteiger partial charge in [0.1, 0.15) is 48.3 Å². The van der Waals surface area contributed by atoms with Crippen LogP contribution in [0.15, 0.2) is 60.7 Å². The smallest absolute Gasteiger partial charge is 0.305 e. The third-order valence-corrected chi connectivity index (χ3v) is 14.7. The van der Waals surface area contributed by atoms with Gasteiger partial charge in [0.05, 0.1) is 32.0 Å². The van der Waals surface area contributed by atoms with Crippen molar-refractivity contribution >= 4 is 94.7 Å². The molecule has 2 aliphatic rings. The van der Waals surface area contributed by atoms with Crippen LogP contribution < -0.4 is 91.6 Å². The molecule has 2 aromatic rings. The van der Waals surface area contributed by atoms with Crippen LogP contribution in [-0.4, -0.2) is 199 Å². The Balaban J connectivity index is 1.38. The zero-order chi connectivity index (χ0) is 69.1. The van der Waals surface area contributed by atoms with Crippen LogP contribution in [0.4, 0.5) is 0 Å². The van der Waals surface area contributed by atoms with Crippen LogP contribution in [0.25, 0.3) is 0 Å². The monoisotopic (exact) mass is 1320 g/mol. The zero-order valence-electron chi connectivity index (χ0n) is 51.9. The maximum Gasteiger partial charge on any atom is 0.305 e. The number of guanidine groups is 2. The molecule has 9 atom stereocenters. The van der Waals surface area contributed by atoms with Crippen molar-refractivity contribution in [2.24, 2.45) is 17.2 Å². The summed E-state index contributed by atoms with van der Waals surface area (Å²) in [5.41, 5.74) is 18.1. The molecule has 94 heavy (non-hydrogen) atoms. The van der Waals surface area contributed by atoms with Crippen LogP contribution in [0.3, 0.4) is 0 Å². The Morgan fingerprint density at radius 1 is 0.436 bits per heavy atom. The number of benzene rings is 2. The summed E-state index contributed by atoms with van der Waals surface area (Å²) in [6.45, 7) is -1.11. The first-order valence-corrected chi connectivity index (χ1v) is 30.7. The van der Waals surface area contributed by atoms with Gasteiger partial charge in [-0.15, -0.1) is 0 Å². The topological polar surface area (TPSA) is 574 Å². The highest BCUT2D eigenvalue weighted by atomic mass is 16.4. The summed E-state index contributed by atoms with van der Waals surface area (Å²) in [5, 5.41) is 69.5. The number of carbonyl (C=O) groups is 14. The molecule has 2 fully saturated rings. The van der Waals surface area contributed by atoms with Crippen molar-refractivity contribution in [3.63, 3.8) is 0 Å². The fourth-order valence-corrected chi connectivity index (χ4v) is 9.75. The molecule has 0 saturated carbocycles. The van der Waals surface area contributed by atoms with Crippen molar-refractivity contribution in [1.29, 1.82) is 10.8 Å². The quantitative estimate of drug-likeness (QED) is 0.0197. The highest BCUT2D eigenvalue weighted by Gasteiger charge is 2.36. The average Bonchev–Trinajstić information content (AvgIpc) is 1.40. The molecule has 35 nitrogen and oxygen atoms in total. The second kappa shape index (κ2) is 40.4. The number of carboxylic acids is 2. The SMILES string of the molecule is N=C(N)NCCC[C@H]1NC(=O)C(CCCCNC(=O)C(N)CCC(=O)NCCCC[C@H]2NC(=O)[C@H](Cc3ccccc3)NC(=O)[C@@H](CC(=O)O)NC(=O)CNC(=O)[C@@H](CCCNC(=N)N)NC2=O)NC(=O)[C@H](Cc2ccccc2)NC(=O)[C@@H](CC(=O)O)NC(=O)CNC1=O. The van der Waals surface area contributed by atoms with Crippen LogP contribution in [0.2, 0.25) is 0 Å². The second-order valence-corrected chi connectivity index (χ2v) is 22.4. The van der Waals surface area contributed by atoms with E-state index in [-0.39, 0.29) is 128 Å². The Kier molecular flexibility index (Phi) is 32.6. The van der Waals surface area contributed by atoms with Crippen LogP contribution >= 0.6 is 0 Å². The van der Waals surface area contributed by atoms with Gasteiger partial charge >= 0.3 is 11.9 Å². The first kappa shape index (κ1) is 76.0. The number of rotatable bonds is 30. The third kappa shape index (κ3) is 29.2. The Labute approximate surface area is 541 Å². The Hall–Kier alpha value is -10.5. The fraction of sp³-hybridized carbons (Fsp3) is 0.525. The number of carboxylic acid groups (broad SMARTS) is 2. The first-order valence-electron chi connectivity index (χ1n) is 30.7. The van der Waals surface area contributed by atoms with E-state index in [1.165, 1.54) is 0 Å². The molecule has 2 saturated heterocycles. The number of aliphatic carboxylic acids is 2. The molecule has 0 bridgehead atoms. The average molecular weight is 1320 g/mol. The number of hydrogen-bond donors (Lipinski definition) is 21. The predicted octanol–water partition coefficient (Wildman–Crippen LogP) is -6.23. The van der Waals surface area contributed by atoms with E-state index in [1.54, 1.807) is 60.7 Å². The highest BCUT2D eigenvalue weighted by molar-refractivity contribution is 6.00. The molecule has 0 radical (unpaired) electrons. The molecule has 0 spiro atoms. The number of hydrogen-bond acceptors (Lipinski definition) is 17. The van der Waals surface area contributed by atoms with Gasteiger partial charge in [-0.05, 0) is 81.8 Å². The summed E-state index contributed by atoms with van der Waals surface area (Å²) in [6.07, 6.45) is -1.31. The van der Waals surface area contributed by atoms with Crippen molar-refractivity contribution in [2.75, 3.05) is 39.3 Å². The molecule has 2 heterocycles. The number of amides is 12. The van der Waals surface area contributed by atoms with Gasteiger partial charge in [0.25, 0.3) is 0 Å². The van der Waals surface area contributed by atoms with Crippen molar-refractivity contribution in [3.05, 3.63) is 71.8 Å². The predicted molar refractivity (Wildman–Crippen MR) is 335 cm³/mol. The number of nitrogens with two attached hydrogens (primary N) is 3. The van der Waals surface area contributed by atoms with Crippen molar-refractivity contribution in [1.82, 2.24) is 74.4 Å². The maximum atomic E-state index is 14.1. The van der Waals surface area contributed by atoms with Gasteiger partial charge in [-0.1, -0.05) is 60.7 Å². The highest BCUT2D eigenvalue weighted by Crippen LogP contribution is 2.13. The van der Waals surface area contributed by atoms with E-state index in [4.69, 9.17) is 28.0 Å². The third-order valence-electron chi connectivity index (χ3n) is 14.7. The molecule has 2 unspecified atom stereocenters. The lowest BCUT2D eigenvalue weighted by Gasteiger charge is -2.26. The van der Waals surface area contributed by atoms with Crippen LogP contribution in [-0.2, 0) is 80.0 Å². The molecule has 4 rings (SSSR count). The van der Waals surface area contributed by atoms with Crippen LogP contribution in [0.5, 0.6) is 0 Å². The molecule has 0 aliphatic carbocycles. The van der Waals surface area contributed by atoms with Gasteiger partial charge in [-0.3, -0.25) is 77.9 Å². The number of unbranched alkanes of at least 4 members (excludes halogenated alkanes) is 2. The zero-order valence-corrected chi connectivity index (χ0v) is 51.9. The minimum atomic E-state index is -1.68. The van der Waals surface area contributed by atoms with E-state index in [1.807, 2.05) is 0 Å². The van der Waals surface area contributed by atoms with Crippen molar-refractivity contribution < 1.29 is 77.3 Å². The molecule has 35 heteroatoms. The van der Waals surface area contributed by atoms with Gasteiger partial charge in [-0.25, -0.2) is 0 Å². The largest absolute Gasteiger partial charge is 0.481 e. The summed E-state index contributed by atoms with van der Waals surface area (Å²) in [5.74, 6) is -13.6. The van der Waals surface area contributed by atoms with Crippen molar-refractivity contribution in [2.45, 2.75) is 157 Å². The summed E-state index contributed by atoms with van der Waals surface area (Å²) in [6, 6.07) is 4.26. The van der Waals surface area contributed by atoms with E-state index in [9.17, 15) is 77.3 Å². The van der Waals surface area contributed by atoms with Crippen molar-refractivity contribution in [3.8, 4) is 0 Å². The van der Waals surface area contributed by atoms with Crippen LogP contribution in [0.1, 0.15) is 101 Å². The maximum absolute atomic E-state index is 14.1. The Morgan fingerprint density at radius 2 is 0.766 bits per heavy atom. The summed E-state index contributed by atoms with van der Waals surface area (Å²) in [4.78, 5) is 186. The number of nitrogens with one attached hydrogen (secondary N) is 16. The standard InChI is InChI=1S/C59H87N19O16/c60-35(49(86)66-24-10-8-18-39-53(90)74-37(20-12-26-68-59(63)64)51(88)70-32-46(81)72-43(30-48(84)85)57(94)78-41(55(92)76-39)28-34-15-5-2-6-16-34)21-22-44(79)65-23-9-7-17-38-52(89)73-36(19-11-25-67-58(61)62)50(87)69-31-45(80)71-42(29-47(82)83)56(93)77-40(54(91)75-38)27-33-13-3-1-4-14-33/h1-6,13-16,35-43H,7-12,17-32,60H2,(H,65,79)(H,66,86)(H,69,87)(H,70,88)(H,71,80)(H,72,81)(H,73,89)(H,74,90)(H,75,91)(H,76,92)(H,77,93)(H,78,94)(H,82,83)(H,84,85)(H4,61,62,67)(H4,63,64,68)/t35?,36-,37-,38-,39?,40+,41+,42-,43-/m1/s1. The summed E-state index contributed by atoms with van der Waals surface area (Å²) < 4.78 is 0. The second-order valence-electron chi connectivity index (χ2n) is 22.4. The molecular weight excluding hydrogens is 1230 g/mol. The lowest BCUT2D eigenvalue weighted by atomic mass is 10.0. The molecule has 514 valence electrons. The molecule has 12 amide bonds. The molecule has 0 aromatic heterocycles. The van der Waals surface area contributed by atoms with Gasteiger partial charge < -0.3 is 102 Å². The first-order chi connectivity index (χ1) is 44.8. The van der Waals surface area contributed by atoms with Crippen LogP contribution in [0, 0.1) is 10.8 Å². The minimum absolute atomic E-state index is 0.0217.